The summed E-state index contributed by atoms with van der Waals surface area (Å²) in [5.41, 5.74) is 6.58. The fourth-order valence-corrected chi connectivity index (χ4v) is 1.25. The lowest BCUT2D eigenvalue weighted by Crippen LogP contribution is -2.33. The summed E-state index contributed by atoms with van der Waals surface area (Å²) in [5, 5.41) is 12.5. The van der Waals surface area contributed by atoms with E-state index in [1.165, 1.54) is 0 Å². The third-order valence-corrected chi connectivity index (χ3v) is 2.00. The van der Waals surface area contributed by atoms with Crippen molar-refractivity contribution in [3.05, 3.63) is 23.8 Å². The molecule has 4 N–H and O–H groups in total. The predicted molar refractivity (Wildman–Crippen MR) is 55.4 cm³/mol. The Morgan fingerprint density at radius 1 is 1.31 bits per heavy atom. The molecule has 1 aromatic carbocycles. The maximum Gasteiger partial charge on any atom is 0.251 e. The molecule has 0 aliphatic carbocycles. The second-order valence-corrected chi connectivity index (χ2v) is 3.18. The number of rotatable bonds is 3. The van der Waals surface area contributed by atoms with Crippen LogP contribution in [0.2, 0.25) is 0 Å². The largest absolute Gasteiger partial charge is 0.368 e. The summed E-state index contributed by atoms with van der Waals surface area (Å²) in [4.78, 5) is 22.0. The SMILES string of the molecule is NC(=O)CNC(=O)c1ccc2n[nH]nc2c1. The second kappa shape index (κ2) is 3.97. The molecule has 7 heteroatoms. The van der Waals surface area contributed by atoms with Crippen LogP contribution in [-0.4, -0.2) is 33.8 Å². The molecule has 0 aliphatic rings. The number of H-pyrrole nitrogens is 1. The number of hydrogen-bond donors (Lipinski definition) is 3. The average molecular weight is 219 g/mol. The van der Waals surface area contributed by atoms with Gasteiger partial charge in [-0.05, 0) is 18.2 Å². The molecule has 0 atom stereocenters. The third kappa shape index (κ3) is 1.97. The van der Waals surface area contributed by atoms with Crippen LogP contribution in [0.15, 0.2) is 18.2 Å². The fraction of sp³-hybridized carbons (Fsp3) is 0.111. The van der Waals surface area contributed by atoms with Gasteiger partial charge in [-0.25, -0.2) is 0 Å². The van der Waals surface area contributed by atoms with Gasteiger partial charge in [-0.15, -0.1) is 0 Å². The maximum atomic E-state index is 11.5. The Bertz CT molecular complexity index is 548. The Morgan fingerprint density at radius 2 is 2.06 bits per heavy atom. The smallest absolute Gasteiger partial charge is 0.251 e. The highest BCUT2D eigenvalue weighted by molar-refractivity contribution is 5.98. The number of nitrogens with zero attached hydrogens (tertiary/aromatic N) is 2. The second-order valence-electron chi connectivity index (χ2n) is 3.18. The number of carbonyl (C=O) groups excluding carboxylic acids is 2. The summed E-state index contributed by atoms with van der Waals surface area (Å²) in [6.45, 7) is -0.185. The molecule has 0 saturated carbocycles. The van der Waals surface area contributed by atoms with Crippen LogP contribution in [0.1, 0.15) is 10.4 Å². The topological polar surface area (TPSA) is 114 Å². The Hall–Kier alpha value is -2.44. The molecule has 1 aromatic heterocycles. The van der Waals surface area contributed by atoms with Crippen molar-refractivity contribution in [2.45, 2.75) is 0 Å². The summed E-state index contributed by atoms with van der Waals surface area (Å²) >= 11 is 0. The van der Waals surface area contributed by atoms with Crippen LogP contribution >= 0.6 is 0 Å². The summed E-state index contributed by atoms with van der Waals surface area (Å²) in [7, 11) is 0. The van der Waals surface area contributed by atoms with Crippen molar-refractivity contribution in [1.29, 1.82) is 0 Å². The molecule has 0 bridgehead atoms. The minimum absolute atomic E-state index is 0.185. The van der Waals surface area contributed by atoms with Gasteiger partial charge in [0, 0.05) is 5.56 Å². The molecule has 0 unspecified atom stereocenters. The first-order chi connectivity index (χ1) is 7.66. The van der Waals surface area contributed by atoms with Crippen molar-refractivity contribution in [2.24, 2.45) is 5.73 Å². The summed E-state index contributed by atoms with van der Waals surface area (Å²) in [5.74, 6) is -0.959. The number of nitrogens with one attached hydrogen (secondary N) is 2. The fourth-order valence-electron chi connectivity index (χ4n) is 1.25. The van der Waals surface area contributed by atoms with E-state index in [0.29, 0.717) is 16.6 Å². The zero-order valence-corrected chi connectivity index (χ0v) is 8.23. The van der Waals surface area contributed by atoms with E-state index in [4.69, 9.17) is 5.73 Å². The number of primary amides is 1. The van der Waals surface area contributed by atoms with Crippen LogP contribution in [0, 0.1) is 0 Å². The van der Waals surface area contributed by atoms with Gasteiger partial charge in [0.25, 0.3) is 5.91 Å². The zero-order valence-electron chi connectivity index (χ0n) is 8.23. The van der Waals surface area contributed by atoms with Crippen LogP contribution < -0.4 is 11.1 Å². The predicted octanol–water partition coefficient (Wildman–Crippen LogP) is -0.827. The van der Waals surface area contributed by atoms with E-state index in [9.17, 15) is 9.59 Å². The van der Waals surface area contributed by atoms with Gasteiger partial charge in [0.05, 0.1) is 6.54 Å². The Morgan fingerprint density at radius 3 is 2.81 bits per heavy atom. The maximum absolute atomic E-state index is 11.5. The van der Waals surface area contributed by atoms with Crippen molar-refractivity contribution in [3.63, 3.8) is 0 Å². The van der Waals surface area contributed by atoms with E-state index in [1.807, 2.05) is 0 Å². The van der Waals surface area contributed by atoms with E-state index in [-0.39, 0.29) is 12.5 Å². The number of hydrogen-bond acceptors (Lipinski definition) is 4. The van der Waals surface area contributed by atoms with Gasteiger partial charge in [-0.2, -0.15) is 15.4 Å². The van der Waals surface area contributed by atoms with Crippen LogP contribution in [0.25, 0.3) is 11.0 Å². The molecule has 7 nitrogen and oxygen atoms in total. The first kappa shape index (κ1) is 10.1. The molecule has 0 spiro atoms. The summed E-state index contributed by atoms with van der Waals surface area (Å²) < 4.78 is 0. The molecule has 0 radical (unpaired) electrons. The molecule has 1 heterocycles. The lowest BCUT2D eigenvalue weighted by molar-refractivity contribution is -0.117. The summed E-state index contributed by atoms with van der Waals surface area (Å²) in [6.07, 6.45) is 0. The van der Waals surface area contributed by atoms with E-state index >= 15 is 0 Å². The molecule has 0 aliphatic heterocycles. The standard InChI is InChI=1S/C9H9N5O2/c10-8(15)4-11-9(16)5-1-2-6-7(3-5)13-14-12-6/h1-3H,4H2,(H2,10,15)(H,11,16)(H,12,13,14). The highest BCUT2D eigenvalue weighted by atomic mass is 16.2. The lowest BCUT2D eigenvalue weighted by Gasteiger charge is -2.01. The molecule has 2 aromatic rings. The number of carbonyl (C=O) groups is 2. The van der Waals surface area contributed by atoms with Crippen LogP contribution in [-0.2, 0) is 4.79 Å². The Balaban J connectivity index is 2.19. The van der Waals surface area contributed by atoms with Crippen molar-refractivity contribution < 1.29 is 9.59 Å². The molecule has 2 amide bonds. The number of aromatic nitrogens is 3. The third-order valence-electron chi connectivity index (χ3n) is 2.00. The minimum Gasteiger partial charge on any atom is -0.368 e. The van der Waals surface area contributed by atoms with Crippen molar-refractivity contribution in [2.75, 3.05) is 6.54 Å². The van der Waals surface area contributed by atoms with Gasteiger partial charge < -0.3 is 11.1 Å². The average Bonchev–Trinajstić information content (AvgIpc) is 2.72. The molecule has 82 valence electrons. The lowest BCUT2D eigenvalue weighted by atomic mass is 10.2. The van der Waals surface area contributed by atoms with Crippen LogP contribution in [0.4, 0.5) is 0 Å². The van der Waals surface area contributed by atoms with Crippen molar-refractivity contribution >= 4 is 22.8 Å². The molecule has 16 heavy (non-hydrogen) atoms. The van der Waals surface area contributed by atoms with Gasteiger partial charge in [0.1, 0.15) is 11.0 Å². The Kier molecular flexibility index (Phi) is 2.50. The van der Waals surface area contributed by atoms with E-state index in [2.05, 4.69) is 20.7 Å². The highest BCUT2D eigenvalue weighted by Crippen LogP contribution is 2.10. The molecule has 0 fully saturated rings. The molecular weight excluding hydrogens is 210 g/mol. The number of fused-ring (bicyclic) bond motifs is 1. The molecule has 0 saturated heterocycles. The molecule has 2 rings (SSSR count). The van der Waals surface area contributed by atoms with Crippen LogP contribution in [0.3, 0.4) is 0 Å². The number of aromatic amines is 1. The monoisotopic (exact) mass is 219 g/mol. The van der Waals surface area contributed by atoms with E-state index in [1.54, 1.807) is 18.2 Å². The Labute approximate surface area is 90.0 Å². The minimum atomic E-state index is -0.587. The first-order valence-corrected chi connectivity index (χ1v) is 4.54. The van der Waals surface area contributed by atoms with Gasteiger partial charge >= 0.3 is 0 Å². The number of nitrogens with two attached hydrogens (primary N) is 1. The normalized spacial score (nSPS) is 10.2. The number of benzene rings is 1. The van der Waals surface area contributed by atoms with E-state index in [0.717, 1.165) is 0 Å². The van der Waals surface area contributed by atoms with Crippen molar-refractivity contribution in [1.82, 2.24) is 20.7 Å². The van der Waals surface area contributed by atoms with Gasteiger partial charge in [-0.1, -0.05) is 0 Å². The van der Waals surface area contributed by atoms with Gasteiger partial charge in [0.15, 0.2) is 0 Å². The van der Waals surface area contributed by atoms with Gasteiger partial charge in [0.2, 0.25) is 5.91 Å². The quantitative estimate of drug-likeness (QED) is 0.625. The summed E-state index contributed by atoms with van der Waals surface area (Å²) in [6, 6.07) is 4.84. The van der Waals surface area contributed by atoms with Gasteiger partial charge in [-0.3, -0.25) is 9.59 Å². The highest BCUT2D eigenvalue weighted by Gasteiger charge is 2.08. The van der Waals surface area contributed by atoms with Crippen molar-refractivity contribution in [3.8, 4) is 0 Å². The number of amides is 2. The van der Waals surface area contributed by atoms with Crippen LogP contribution in [0.5, 0.6) is 0 Å². The zero-order chi connectivity index (χ0) is 11.5. The first-order valence-electron chi connectivity index (χ1n) is 4.54. The van der Waals surface area contributed by atoms with E-state index < -0.39 is 5.91 Å². The molecular formula is C9H9N5O2.